The minimum absolute atomic E-state index is 0.222. The van der Waals surface area contributed by atoms with Gasteiger partial charge in [-0.25, -0.2) is 8.42 Å². The standard InChI is InChI=1S/C16H25NO2S/c1-16(2,3)17-10-8-13(9-11-17)14-6-5-7-15(12-14)20(4,18)19/h5-7,12-13H,8-11H2,1-4H3. The maximum absolute atomic E-state index is 11.6. The Morgan fingerprint density at radius 3 is 2.25 bits per heavy atom. The second-order valence-electron chi connectivity index (χ2n) is 6.78. The Bertz CT molecular complexity index is 564. The number of likely N-dealkylation sites (tertiary alicyclic amines) is 1. The molecule has 1 aliphatic heterocycles. The molecule has 0 bridgehead atoms. The van der Waals surface area contributed by atoms with Crippen LogP contribution >= 0.6 is 0 Å². The van der Waals surface area contributed by atoms with Crippen LogP contribution in [-0.4, -0.2) is 38.2 Å². The normalized spacial score (nSPS) is 19.2. The SMILES string of the molecule is CC(C)(C)N1CCC(c2cccc(S(C)(=O)=O)c2)CC1. The van der Waals surface area contributed by atoms with Crippen molar-refractivity contribution in [1.82, 2.24) is 4.90 Å². The second-order valence-corrected chi connectivity index (χ2v) is 8.79. The fourth-order valence-corrected chi connectivity index (χ4v) is 3.56. The van der Waals surface area contributed by atoms with Crippen molar-refractivity contribution in [3.63, 3.8) is 0 Å². The highest BCUT2D eigenvalue weighted by Crippen LogP contribution is 2.31. The third kappa shape index (κ3) is 3.61. The van der Waals surface area contributed by atoms with Crippen molar-refractivity contribution in [3.05, 3.63) is 29.8 Å². The summed E-state index contributed by atoms with van der Waals surface area (Å²) < 4.78 is 23.3. The van der Waals surface area contributed by atoms with Crippen LogP contribution in [0.2, 0.25) is 0 Å². The van der Waals surface area contributed by atoms with Gasteiger partial charge < -0.3 is 0 Å². The van der Waals surface area contributed by atoms with E-state index < -0.39 is 9.84 Å². The minimum atomic E-state index is -3.11. The lowest BCUT2D eigenvalue weighted by atomic mass is 9.87. The summed E-state index contributed by atoms with van der Waals surface area (Å²) in [4.78, 5) is 2.94. The first-order chi connectivity index (χ1) is 9.18. The number of hydrogen-bond donors (Lipinski definition) is 0. The predicted molar refractivity (Wildman–Crippen MR) is 82.9 cm³/mol. The van der Waals surface area contributed by atoms with E-state index in [0.717, 1.165) is 25.9 Å². The van der Waals surface area contributed by atoms with Gasteiger partial charge in [-0.15, -0.1) is 0 Å². The molecule has 112 valence electrons. The number of sulfone groups is 1. The molecule has 1 fully saturated rings. The zero-order valence-electron chi connectivity index (χ0n) is 12.9. The monoisotopic (exact) mass is 295 g/mol. The molecule has 1 saturated heterocycles. The number of hydrogen-bond acceptors (Lipinski definition) is 3. The summed E-state index contributed by atoms with van der Waals surface area (Å²) in [7, 11) is -3.11. The minimum Gasteiger partial charge on any atom is -0.298 e. The van der Waals surface area contributed by atoms with Crippen molar-refractivity contribution in [1.29, 1.82) is 0 Å². The van der Waals surface area contributed by atoms with Crippen molar-refractivity contribution in [2.75, 3.05) is 19.3 Å². The molecule has 20 heavy (non-hydrogen) atoms. The van der Waals surface area contributed by atoms with Gasteiger partial charge in [-0.2, -0.15) is 0 Å². The third-order valence-corrected chi connectivity index (χ3v) is 5.31. The van der Waals surface area contributed by atoms with Crippen molar-refractivity contribution >= 4 is 9.84 Å². The van der Waals surface area contributed by atoms with Gasteiger partial charge in [0.1, 0.15) is 0 Å². The Morgan fingerprint density at radius 2 is 1.75 bits per heavy atom. The highest BCUT2D eigenvalue weighted by Gasteiger charge is 2.27. The fraction of sp³-hybridized carbons (Fsp3) is 0.625. The average Bonchev–Trinajstić information content (AvgIpc) is 2.37. The average molecular weight is 295 g/mol. The molecule has 1 aromatic carbocycles. The van der Waals surface area contributed by atoms with E-state index in [2.05, 4.69) is 31.7 Å². The Balaban J connectivity index is 2.12. The Hall–Kier alpha value is -0.870. The van der Waals surface area contributed by atoms with Crippen molar-refractivity contribution in [2.45, 2.75) is 50.0 Å². The van der Waals surface area contributed by atoms with Gasteiger partial charge in [0.25, 0.3) is 0 Å². The van der Waals surface area contributed by atoms with Crippen LogP contribution in [0.15, 0.2) is 29.2 Å². The largest absolute Gasteiger partial charge is 0.298 e. The topological polar surface area (TPSA) is 37.4 Å². The van der Waals surface area contributed by atoms with Gasteiger partial charge in [-0.05, 0) is 70.3 Å². The molecule has 0 atom stereocenters. The zero-order valence-corrected chi connectivity index (χ0v) is 13.7. The van der Waals surface area contributed by atoms with Gasteiger partial charge in [-0.1, -0.05) is 12.1 Å². The molecule has 0 amide bonds. The molecule has 1 heterocycles. The molecule has 0 N–H and O–H groups in total. The van der Waals surface area contributed by atoms with Crippen LogP contribution in [0.4, 0.5) is 0 Å². The van der Waals surface area contributed by atoms with Gasteiger partial charge in [0.15, 0.2) is 9.84 Å². The Kier molecular flexibility index (Phi) is 4.26. The van der Waals surface area contributed by atoms with Crippen LogP contribution in [0, 0.1) is 0 Å². The number of rotatable bonds is 2. The zero-order chi connectivity index (χ0) is 15.0. The maximum atomic E-state index is 11.6. The molecule has 0 radical (unpaired) electrons. The van der Waals surface area contributed by atoms with Gasteiger partial charge in [0.05, 0.1) is 4.90 Å². The molecule has 0 aromatic heterocycles. The summed E-state index contributed by atoms with van der Waals surface area (Å²) in [6, 6.07) is 7.46. The van der Waals surface area contributed by atoms with Crippen molar-refractivity contribution in [3.8, 4) is 0 Å². The first kappa shape index (κ1) is 15.5. The van der Waals surface area contributed by atoms with E-state index >= 15 is 0 Å². The van der Waals surface area contributed by atoms with Crippen LogP contribution in [0.5, 0.6) is 0 Å². The van der Waals surface area contributed by atoms with E-state index in [0.29, 0.717) is 10.8 Å². The fourth-order valence-electron chi connectivity index (χ4n) is 2.88. The summed E-state index contributed by atoms with van der Waals surface area (Å²) in [5, 5.41) is 0. The molecule has 0 saturated carbocycles. The van der Waals surface area contributed by atoms with Crippen LogP contribution in [0.1, 0.15) is 45.1 Å². The number of nitrogens with zero attached hydrogens (tertiary/aromatic N) is 1. The summed E-state index contributed by atoms with van der Waals surface area (Å²) >= 11 is 0. The van der Waals surface area contributed by atoms with Crippen LogP contribution in [-0.2, 0) is 9.84 Å². The van der Waals surface area contributed by atoms with Crippen molar-refractivity contribution < 1.29 is 8.42 Å². The Labute approximate surface area is 122 Å². The van der Waals surface area contributed by atoms with E-state index in [9.17, 15) is 8.42 Å². The predicted octanol–water partition coefficient (Wildman–Crippen LogP) is 3.07. The Morgan fingerprint density at radius 1 is 1.15 bits per heavy atom. The maximum Gasteiger partial charge on any atom is 0.175 e. The van der Waals surface area contributed by atoms with Crippen LogP contribution < -0.4 is 0 Å². The quantitative estimate of drug-likeness (QED) is 0.841. The van der Waals surface area contributed by atoms with Crippen LogP contribution in [0.3, 0.4) is 0 Å². The molecular weight excluding hydrogens is 270 g/mol. The van der Waals surface area contributed by atoms with Gasteiger partial charge >= 0.3 is 0 Å². The van der Waals surface area contributed by atoms with Crippen molar-refractivity contribution in [2.24, 2.45) is 0 Å². The smallest absolute Gasteiger partial charge is 0.175 e. The third-order valence-electron chi connectivity index (χ3n) is 4.20. The first-order valence-electron chi connectivity index (χ1n) is 7.23. The highest BCUT2D eigenvalue weighted by atomic mass is 32.2. The lowest BCUT2D eigenvalue weighted by molar-refractivity contribution is 0.102. The molecule has 0 spiro atoms. The van der Waals surface area contributed by atoms with Gasteiger partial charge in [-0.3, -0.25) is 4.90 Å². The summed E-state index contributed by atoms with van der Waals surface area (Å²) in [6.45, 7) is 8.90. The van der Waals surface area contributed by atoms with E-state index in [1.807, 2.05) is 12.1 Å². The molecule has 0 unspecified atom stereocenters. The molecular formula is C16H25NO2S. The molecule has 3 nitrogen and oxygen atoms in total. The van der Waals surface area contributed by atoms with Gasteiger partial charge in [0.2, 0.25) is 0 Å². The first-order valence-corrected chi connectivity index (χ1v) is 9.12. The van der Waals surface area contributed by atoms with Gasteiger partial charge in [0, 0.05) is 11.8 Å². The van der Waals surface area contributed by atoms with E-state index in [4.69, 9.17) is 0 Å². The summed E-state index contributed by atoms with van der Waals surface area (Å²) in [5.41, 5.74) is 1.39. The molecule has 2 rings (SSSR count). The summed E-state index contributed by atoms with van der Waals surface area (Å²) in [5.74, 6) is 0.482. The molecule has 1 aliphatic rings. The molecule has 4 heteroatoms. The second kappa shape index (κ2) is 5.49. The molecule has 1 aromatic rings. The summed E-state index contributed by atoms with van der Waals surface area (Å²) in [6.07, 6.45) is 3.48. The van der Waals surface area contributed by atoms with E-state index in [1.54, 1.807) is 6.07 Å². The number of benzene rings is 1. The lowest BCUT2D eigenvalue weighted by Crippen LogP contribution is -2.45. The number of piperidine rings is 1. The lowest BCUT2D eigenvalue weighted by Gasteiger charge is -2.41. The molecule has 0 aliphatic carbocycles. The highest BCUT2D eigenvalue weighted by molar-refractivity contribution is 7.90. The van der Waals surface area contributed by atoms with E-state index in [1.165, 1.54) is 11.8 Å². The van der Waals surface area contributed by atoms with Crippen LogP contribution in [0.25, 0.3) is 0 Å². The van der Waals surface area contributed by atoms with E-state index in [-0.39, 0.29) is 5.54 Å².